The van der Waals surface area contributed by atoms with Gasteiger partial charge in [0, 0.05) is 17.1 Å². The molecule has 1 radical (unpaired) electrons. The molecule has 6 nitrogen and oxygen atoms in total. The van der Waals surface area contributed by atoms with Crippen LogP contribution < -0.4 is 0 Å². The summed E-state index contributed by atoms with van der Waals surface area (Å²) < 4.78 is 8.47. The van der Waals surface area contributed by atoms with Gasteiger partial charge in [0.05, 0.1) is 13.7 Å². The first kappa shape index (κ1) is 15.8. The van der Waals surface area contributed by atoms with Crippen molar-refractivity contribution in [1.82, 2.24) is 0 Å². The van der Waals surface area contributed by atoms with Crippen molar-refractivity contribution >= 4 is 11.9 Å². The normalized spacial score (nSPS) is 13.4. The number of rotatable bonds is 4. The largest absolute Gasteiger partial charge is 0.467 e. The van der Waals surface area contributed by atoms with Gasteiger partial charge in [-0.25, -0.2) is 9.59 Å². The Morgan fingerprint density at radius 1 is 1.21 bits per heavy atom. The Balaban J connectivity index is 0. The van der Waals surface area contributed by atoms with Gasteiger partial charge in [0.1, 0.15) is 0 Å². The fourth-order valence-electron chi connectivity index (χ4n) is 0.606. The zero-order valence-corrected chi connectivity index (χ0v) is 8.63. The first-order valence-corrected chi connectivity index (χ1v) is 3.65. The molecule has 87 valence electrons. The molecular weight excluding hydrogens is 244 g/mol. The van der Waals surface area contributed by atoms with Gasteiger partial charge in [0.25, 0.3) is 0 Å². The second kappa shape index (κ2) is 7.75. The molecule has 0 aliphatic heterocycles. The van der Waals surface area contributed by atoms with Crippen LogP contribution in [0, 0.1) is 0 Å². The maximum atomic E-state index is 10.8. The molecule has 2 unspecified atom stereocenters. The molecule has 14 heavy (non-hydrogen) atoms. The van der Waals surface area contributed by atoms with Gasteiger partial charge < -0.3 is 19.7 Å². The number of methoxy groups -OCH3 is 1. The predicted octanol–water partition coefficient (Wildman–Crippen LogP) is -1.56. The van der Waals surface area contributed by atoms with Gasteiger partial charge in [0.2, 0.25) is 0 Å². The molecule has 0 fully saturated rings. The summed E-state index contributed by atoms with van der Waals surface area (Å²) in [7, 11) is 1.03. The molecule has 0 aromatic carbocycles. The average Bonchev–Trinajstić information content (AvgIpc) is 2.14. The maximum Gasteiger partial charge on any atom is 0.338 e. The molecular formula is C7H12CuO6. The number of ether oxygens (including phenoxy) is 2. The van der Waals surface area contributed by atoms with Crippen LogP contribution in [0.4, 0.5) is 0 Å². The quantitative estimate of drug-likeness (QED) is 0.466. The van der Waals surface area contributed by atoms with Crippen molar-refractivity contribution in [3.05, 3.63) is 0 Å². The monoisotopic (exact) mass is 255 g/mol. The topological polar surface area (TPSA) is 93.1 Å². The molecule has 7 heteroatoms. The van der Waals surface area contributed by atoms with E-state index in [2.05, 4.69) is 9.47 Å². The van der Waals surface area contributed by atoms with Crippen LogP contribution in [0.5, 0.6) is 0 Å². The number of esters is 2. The van der Waals surface area contributed by atoms with Gasteiger partial charge in [-0.1, -0.05) is 0 Å². The van der Waals surface area contributed by atoms with E-state index in [1.54, 1.807) is 0 Å². The summed E-state index contributed by atoms with van der Waals surface area (Å²) in [6, 6.07) is 0. The first-order valence-electron chi connectivity index (χ1n) is 3.65. The third-order valence-electron chi connectivity index (χ3n) is 1.27. The second-order valence-electron chi connectivity index (χ2n) is 2.16. The fraction of sp³-hybridized carbons (Fsp3) is 0.714. The summed E-state index contributed by atoms with van der Waals surface area (Å²) in [5.41, 5.74) is 0. The minimum Gasteiger partial charge on any atom is -0.467 e. The van der Waals surface area contributed by atoms with E-state index in [9.17, 15) is 9.59 Å². The van der Waals surface area contributed by atoms with E-state index in [4.69, 9.17) is 10.2 Å². The van der Waals surface area contributed by atoms with Crippen molar-refractivity contribution < 1.29 is 46.3 Å². The number of carbonyl (C=O) groups is 2. The van der Waals surface area contributed by atoms with Crippen LogP contribution >= 0.6 is 0 Å². The van der Waals surface area contributed by atoms with Crippen molar-refractivity contribution in [1.29, 1.82) is 0 Å². The second-order valence-corrected chi connectivity index (χ2v) is 2.16. The number of hydrogen-bond acceptors (Lipinski definition) is 6. The van der Waals surface area contributed by atoms with Gasteiger partial charge >= 0.3 is 11.9 Å². The summed E-state index contributed by atoms with van der Waals surface area (Å²) in [4.78, 5) is 21.4. The van der Waals surface area contributed by atoms with Crippen molar-refractivity contribution in [2.24, 2.45) is 0 Å². The Kier molecular flexibility index (Phi) is 8.77. The molecule has 2 atom stereocenters. The van der Waals surface area contributed by atoms with Crippen LogP contribution in [-0.4, -0.2) is 48.1 Å². The standard InChI is InChI=1S/C7H12O6.Cu/c1-3-13-7(11)5(9)4(8)6(10)12-2;/h4-5,8-9H,3H2,1-2H3;. The van der Waals surface area contributed by atoms with E-state index < -0.39 is 24.1 Å². The van der Waals surface area contributed by atoms with Crippen LogP contribution in [0.3, 0.4) is 0 Å². The van der Waals surface area contributed by atoms with Gasteiger partial charge in [-0.05, 0) is 6.92 Å². The molecule has 0 heterocycles. The molecule has 0 rings (SSSR count). The molecule has 0 aromatic rings. The van der Waals surface area contributed by atoms with E-state index >= 15 is 0 Å². The summed E-state index contributed by atoms with van der Waals surface area (Å²) in [6.45, 7) is 1.60. The van der Waals surface area contributed by atoms with Crippen LogP contribution in [0.25, 0.3) is 0 Å². The minimum atomic E-state index is -1.90. The Morgan fingerprint density at radius 3 is 2.00 bits per heavy atom. The zero-order valence-electron chi connectivity index (χ0n) is 7.69. The summed E-state index contributed by atoms with van der Waals surface area (Å²) in [5, 5.41) is 18.0. The minimum absolute atomic E-state index is 0. The maximum absolute atomic E-state index is 10.8. The summed E-state index contributed by atoms with van der Waals surface area (Å²) >= 11 is 0. The van der Waals surface area contributed by atoms with E-state index in [-0.39, 0.29) is 23.7 Å². The number of carbonyl (C=O) groups excluding carboxylic acids is 2. The predicted molar refractivity (Wildman–Crippen MR) is 40.7 cm³/mol. The van der Waals surface area contributed by atoms with Crippen LogP contribution in [-0.2, 0) is 36.1 Å². The van der Waals surface area contributed by atoms with Crippen molar-refractivity contribution in [2.45, 2.75) is 19.1 Å². The molecule has 0 bridgehead atoms. The van der Waals surface area contributed by atoms with E-state index in [0.717, 1.165) is 7.11 Å². The van der Waals surface area contributed by atoms with Crippen LogP contribution in [0.15, 0.2) is 0 Å². The molecule has 0 saturated heterocycles. The van der Waals surface area contributed by atoms with Gasteiger partial charge in [0.15, 0.2) is 12.2 Å². The molecule has 0 spiro atoms. The SMILES string of the molecule is CCOC(=O)C(O)C(O)C(=O)OC.[Cu]. The molecule has 2 N–H and O–H groups in total. The Morgan fingerprint density at radius 2 is 1.64 bits per heavy atom. The number of hydrogen-bond donors (Lipinski definition) is 2. The molecule has 0 saturated carbocycles. The van der Waals surface area contributed by atoms with Gasteiger partial charge in [-0.3, -0.25) is 0 Å². The molecule has 0 amide bonds. The fourth-order valence-corrected chi connectivity index (χ4v) is 0.606. The van der Waals surface area contributed by atoms with E-state index in [1.807, 2.05) is 0 Å². The van der Waals surface area contributed by atoms with Crippen molar-refractivity contribution in [2.75, 3.05) is 13.7 Å². The first-order chi connectivity index (χ1) is 6.04. The Bertz CT molecular complexity index is 195. The summed E-state index contributed by atoms with van der Waals surface area (Å²) in [6.07, 6.45) is -3.79. The number of aliphatic hydroxyl groups is 2. The third-order valence-corrected chi connectivity index (χ3v) is 1.27. The zero-order chi connectivity index (χ0) is 10.4. The molecule has 0 aliphatic carbocycles. The van der Waals surface area contributed by atoms with Crippen LogP contribution in [0.1, 0.15) is 6.92 Å². The number of aliphatic hydroxyl groups excluding tert-OH is 2. The Hall–Kier alpha value is -0.621. The third kappa shape index (κ3) is 4.57. The van der Waals surface area contributed by atoms with Crippen molar-refractivity contribution in [3.8, 4) is 0 Å². The van der Waals surface area contributed by atoms with E-state index in [0.29, 0.717) is 0 Å². The van der Waals surface area contributed by atoms with Gasteiger partial charge in [-0.2, -0.15) is 0 Å². The van der Waals surface area contributed by atoms with Crippen molar-refractivity contribution in [3.63, 3.8) is 0 Å². The van der Waals surface area contributed by atoms with Crippen LogP contribution in [0.2, 0.25) is 0 Å². The molecule has 0 aromatic heterocycles. The molecule has 0 aliphatic rings. The Labute approximate surface area is 91.7 Å². The smallest absolute Gasteiger partial charge is 0.338 e. The summed E-state index contributed by atoms with van der Waals surface area (Å²) in [5.74, 6) is -2.14. The average molecular weight is 256 g/mol. The van der Waals surface area contributed by atoms with Gasteiger partial charge in [-0.15, -0.1) is 0 Å². The van der Waals surface area contributed by atoms with E-state index in [1.165, 1.54) is 6.92 Å².